The highest BCUT2D eigenvalue weighted by atomic mass is 16.2. The highest BCUT2D eigenvalue weighted by molar-refractivity contribution is 5.99. The molecular weight excluding hydrogens is 492 g/mol. The van der Waals surface area contributed by atoms with Crippen LogP contribution in [0, 0.1) is 0 Å². The van der Waals surface area contributed by atoms with Gasteiger partial charge >= 0.3 is 0 Å². The third kappa shape index (κ3) is 6.72. The summed E-state index contributed by atoms with van der Waals surface area (Å²) in [5.74, 6) is 1.68. The number of amides is 1. The van der Waals surface area contributed by atoms with Crippen molar-refractivity contribution in [3.05, 3.63) is 64.7 Å². The van der Waals surface area contributed by atoms with Gasteiger partial charge in [-0.1, -0.05) is 109 Å². The highest BCUT2D eigenvalue weighted by Gasteiger charge is 2.36. The van der Waals surface area contributed by atoms with Crippen LogP contribution in [0.4, 0.5) is 5.69 Å². The summed E-state index contributed by atoms with van der Waals surface area (Å²) in [5.41, 5.74) is 5.99. The molecular formula is C35H50N4O. The Bertz CT molecular complexity index is 1150. The van der Waals surface area contributed by atoms with E-state index < -0.39 is 0 Å². The van der Waals surface area contributed by atoms with Crippen molar-refractivity contribution >= 4 is 17.6 Å². The number of fused-ring (bicyclic) bond motifs is 1. The lowest BCUT2D eigenvalue weighted by atomic mass is 9.91. The normalized spacial score (nSPS) is 21.0. The van der Waals surface area contributed by atoms with Crippen LogP contribution in [0.15, 0.2) is 47.5 Å². The lowest BCUT2D eigenvalue weighted by Crippen LogP contribution is -2.56. The topological polar surface area (TPSA) is 56.7 Å². The van der Waals surface area contributed by atoms with Crippen molar-refractivity contribution in [1.29, 1.82) is 0 Å². The molecule has 5 heteroatoms. The van der Waals surface area contributed by atoms with Crippen LogP contribution in [0.1, 0.15) is 126 Å². The van der Waals surface area contributed by atoms with E-state index in [1.165, 1.54) is 73.6 Å². The number of guanidine groups is 1. The Morgan fingerprint density at radius 1 is 0.800 bits per heavy atom. The zero-order chi connectivity index (χ0) is 28.1. The summed E-state index contributed by atoms with van der Waals surface area (Å²) in [7, 11) is 0. The number of nitrogens with zero attached hydrogens (tertiary/aromatic N) is 2. The molecule has 2 N–H and O–H groups in total. The van der Waals surface area contributed by atoms with Gasteiger partial charge < -0.3 is 15.5 Å². The van der Waals surface area contributed by atoms with Crippen molar-refractivity contribution < 1.29 is 4.79 Å². The average molecular weight is 543 g/mol. The van der Waals surface area contributed by atoms with Crippen LogP contribution in [0.25, 0.3) is 0 Å². The van der Waals surface area contributed by atoms with Gasteiger partial charge in [0.05, 0.1) is 6.04 Å². The second kappa shape index (κ2) is 13.2. The van der Waals surface area contributed by atoms with E-state index in [1.54, 1.807) is 0 Å². The van der Waals surface area contributed by atoms with Crippen molar-refractivity contribution in [1.82, 2.24) is 10.2 Å². The van der Waals surface area contributed by atoms with Crippen molar-refractivity contribution in [2.24, 2.45) is 4.99 Å². The minimum Gasteiger partial charge on any atom is -0.353 e. The molecule has 0 aromatic heterocycles. The van der Waals surface area contributed by atoms with Gasteiger partial charge in [-0.25, -0.2) is 4.99 Å². The van der Waals surface area contributed by atoms with Gasteiger partial charge in [0.1, 0.15) is 6.04 Å². The fourth-order valence-corrected chi connectivity index (χ4v) is 6.89. The Balaban J connectivity index is 1.51. The van der Waals surface area contributed by atoms with E-state index in [2.05, 4.69) is 85.7 Å². The molecule has 2 aromatic carbocycles. The molecule has 3 aliphatic rings. The van der Waals surface area contributed by atoms with Crippen LogP contribution in [0.3, 0.4) is 0 Å². The number of para-hydroxylation sites is 1. The van der Waals surface area contributed by atoms with Crippen molar-refractivity contribution in [2.45, 2.75) is 135 Å². The Morgan fingerprint density at radius 2 is 1.40 bits per heavy atom. The molecule has 216 valence electrons. The number of aliphatic imine (C=N–C) groups is 1. The Morgan fingerprint density at radius 3 is 2.02 bits per heavy atom. The summed E-state index contributed by atoms with van der Waals surface area (Å²) in [4.78, 5) is 22.1. The van der Waals surface area contributed by atoms with Gasteiger partial charge in [0.2, 0.25) is 5.91 Å². The second-order valence-electron chi connectivity index (χ2n) is 13.0. The summed E-state index contributed by atoms with van der Waals surface area (Å²) in [6, 6.07) is 15.6. The molecule has 1 heterocycles. The summed E-state index contributed by atoms with van der Waals surface area (Å²) >= 11 is 0. The van der Waals surface area contributed by atoms with Crippen LogP contribution in [0.5, 0.6) is 0 Å². The van der Waals surface area contributed by atoms with E-state index in [-0.39, 0.29) is 11.9 Å². The molecule has 0 radical (unpaired) electrons. The third-order valence-corrected chi connectivity index (χ3v) is 9.26. The first-order chi connectivity index (χ1) is 19.4. The van der Waals surface area contributed by atoms with Crippen molar-refractivity contribution in [3.8, 4) is 0 Å². The molecule has 5 nitrogen and oxygen atoms in total. The zero-order valence-corrected chi connectivity index (χ0v) is 25.2. The summed E-state index contributed by atoms with van der Waals surface area (Å²) in [6.07, 6.45) is 13.0. The minimum atomic E-state index is -0.312. The molecule has 5 rings (SSSR count). The summed E-state index contributed by atoms with van der Waals surface area (Å²) in [5, 5.41) is 7.38. The minimum absolute atomic E-state index is 0.0753. The smallest absolute Gasteiger partial charge is 0.247 e. The van der Waals surface area contributed by atoms with Gasteiger partial charge in [0.25, 0.3) is 0 Å². The number of hydrogen-bond acceptors (Lipinski definition) is 2. The quantitative estimate of drug-likeness (QED) is 0.288. The molecule has 40 heavy (non-hydrogen) atoms. The number of benzene rings is 2. The Hall–Kier alpha value is -2.82. The van der Waals surface area contributed by atoms with Crippen LogP contribution < -0.4 is 10.6 Å². The fraction of sp³-hybridized carbons (Fsp3) is 0.600. The monoisotopic (exact) mass is 542 g/mol. The number of anilines is 1. The predicted molar refractivity (Wildman–Crippen MR) is 167 cm³/mol. The first kappa shape index (κ1) is 28.7. The summed E-state index contributed by atoms with van der Waals surface area (Å²) < 4.78 is 0. The van der Waals surface area contributed by atoms with Crippen LogP contribution in [-0.2, 0) is 17.8 Å². The van der Waals surface area contributed by atoms with Gasteiger partial charge in [-0.3, -0.25) is 4.79 Å². The lowest BCUT2D eigenvalue weighted by molar-refractivity contribution is -0.120. The summed E-state index contributed by atoms with van der Waals surface area (Å²) in [6.45, 7) is 9.55. The number of carbonyl (C=O) groups is 1. The van der Waals surface area contributed by atoms with E-state index in [4.69, 9.17) is 4.99 Å². The van der Waals surface area contributed by atoms with Gasteiger partial charge in [0.15, 0.2) is 5.96 Å². The molecule has 0 unspecified atom stereocenters. The molecule has 2 fully saturated rings. The standard InChI is InChI=1S/C35H50N4O/c1-24(2)30-20-13-21-31(25(3)4)33(30)38-34(40)32-22-26-14-11-12-15-27(26)23-39(32)35(36-28-16-7-5-8-17-28)37-29-18-9-6-10-19-29/h11-15,20-21,24-25,28-29,32H,5-10,16-19,22-23H2,1-4H3,(H,36,37)(H,38,40)/t32-/m0/s1. The molecule has 1 amide bonds. The maximum atomic E-state index is 14.4. The van der Waals surface area contributed by atoms with E-state index in [0.29, 0.717) is 36.9 Å². The number of rotatable bonds is 6. The lowest BCUT2D eigenvalue weighted by Gasteiger charge is -2.40. The van der Waals surface area contributed by atoms with Gasteiger partial charge in [-0.15, -0.1) is 0 Å². The zero-order valence-electron chi connectivity index (χ0n) is 25.2. The molecule has 1 aliphatic heterocycles. The van der Waals surface area contributed by atoms with Gasteiger partial charge in [-0.05, 0) is 59.8 Å². The third-order valence-electron chi connectivity index (χ3n) is 9.26. The number of hydrogen-bond donors (Lipinski definition) is 2. The predicted octanol–water partition coefficient (Wildman–Crippen LogP) is 7.91. The number of carbonyl (C=O) groups excluding carboxylic acids is 1. The molecule has 0 bridgehead atoms. The molecule has 1 atom stereocenters. The van der Waals surface area contributed by atoms with Crippen LogP contribution in [-0.4, -0.2) is 34.9 Å². The first-order valence-corrected chi connectivity index (χ1v) is 16.0. The van der Waals surface area contributed by atoms with Crippen LogP contribution >= 0.6 is 0 Å². The van der Waals surface area contributed by atoms with Crippen LogP contribution in [0.2, 0.25) is 0 Å². The van der Waals surface area contributed by atoms with E-state index >= 15 is 0 Å². The van der Waals surface area contributed by atoms with Crippen molar-refractivity contribution in [2.75, 3.05) is 5.32 Å². The SMILES string of the molecule is CC(C)c1cccc(C(C)C)c1NC(=O)[C@@H]1Cc2ccccc2CN1C(=NC1CCCCC1)NC1CCCCC1. The Kier molecular flexibility index (Phi) is 9.49. The highest BCUT2D eigenvalue weighted by Crippen LogP contribution is 2.34. The largest absolute Gasteiger partial charge is 0.353 e. The van der Waals surface area contributed by atoms with E-state index in [0.717, 1.165) is 24.5 Å². The molecule has 2 aromatic rings. The average Bonchev–Trinajstić information content (AvgIpc) is 2.97. The maximum absolute atomic E-state index is 14.4. The first-order valence-electron chi connectivity index (χ1n) is 16.0. The number of nitrogens with one attached hydrogen (secondary N) is 2. The molecule has 2 saturated carbocycles. The molecule has 0 spiro atoms. The Labute approximate surface area is 242 Å². The molecule has 2 aliphatic carbocycles. The second-order valence-corrected chi connectivity index (χ2v) is 13.0. The van der Waals surface area contributed by atoms with Crippen molar-refractivity contribution in [3.63, 3.8) is 0 Å². The van der Waals surface area contributed by atoms with E-state index in [9.17, 15) is 4.79 Å². The van der Waals surface area contributed by atoms with E-state index in [1.807, 2.05) is 0 Å². The van der Waals surface area contributed by atoms with Gasteiger partial charge in [-0.2, -0.15) is 0 Å². The fourth-order valence-electron chi connectivity index (χ4n) is 6.89. The molecule has 0 saturated heterocycles. The maximum Gasteiger partial charge on any atom is 0.247 e. The van der Waals surface area contributed by atoms with Gasteiger partial charge in [0, 0.05) is 24.7 Å².